The van der Waals surface area contributed by atoms with Crippen molar-refractivity contribution in [2.45, 2.75) is 0 Å². The third kappa shape index (κ3) is 2.79. The van der Waals surface area contributed by atoms with Crippen molar-refractivity contribution in [1.82, 2.24) is 9.97 Å². The zero-order chi connectivity index (χ0) is 14.7. The number of carbonyl (C=O) groups is 1. The minimum Gasteiger partial charge on any atom is -0.478 e. The van der Waals surface area contributed by atoms with Crippen LogP contribution in [-0.4, -0.2) is 21.0 Å². The predicted molar refractivity (Wildman–Crippen MR) is 81.6 cm³/mol. The minimum atomic E-state index is -1.01. The van der Waals surface area contributed by atoms with E-state index < -0.39 is 5.97 Å². The summed E-state index contributed by atoms with van der Waals surface area (Å²) in [7, 11) is 0. The van der Waals surface area contributed by atoms with Gasteiger partial charge < -0.3 is 5.11 Å². The normalized spacial score (nSPS) is 11.0. The quantitative estimate of drug-likeness (QED) is 0.745. The Morgan fingerprint density at radius 3 is 2.19 bits per heavy atom. The lowest BCUT2D eigenvalue weighted by molar-refractivity contribution is -0.131. The molecule has 4 heteroatoms. The lowest BCUT2D eigenvalue weighted by Crippen LogP contribution is -1.95. The van der Waals surface area contributed by atoms with Gasteiger partial charge in [-0.25, -0.2) is 14.8 Å². The summed E-state index contributed by atoms with van der Waals surface area (Å²) >= 11 is 0. The standard InChI is InChI=1S/C17H12N2O2/c20-16(21)11-10-15-17(12-6-2-1-3-7-12)19-14-9-5-4-8-13(14)18-15/h1-11H,(H,20,21)/b11-10-. The maximum atomic E-state index is 10.7. The first-order chi connectivity index (χ1) is 10.2. The molecule has 0 aliphatic rings. The van der Waals surface area contributed by atoms with E-state index in [0.717, 1.165) is 22.7 Å². The van der Waals surface area contributed by atoms with Crippen molar-refractivity contribution in [3.05, 3.63) is 66.4 Å². The Morgan fingerprint density at radius 1 is 0.905 bits per heavy atom. The van der Waals surface area contributed by atoms with Gasteiger partial charge in [-0.2, -0.15) is 0 Å². The van der Waals surface area contributed by atoms with Crippen LogP contribution in [0.25, 0.3) is 28.4 Å². The number of carboxylic acids is 1. The lowest BCUT2D eigenvalue weighted by atomic mass is 10.1. The molecule has 3 aromatic rings. The van der Waals surface area contributed by atoms with E-state index >= 15 is 0 Å². The number of hydrogen-bond acceptors (Lipinski definition) is 3. The van der Waals surface area contributed by atoms with Gasteiger partial charge in [0, 0.05) is 11.6 Å². The average Bonchev–Trinajstić information content (AvgIpc) is 2.53. The average molecular weight is 276 g/mol. The van der Waals surface area contributed by atoms with Crippen molar-refractivity contribution in [2.75, 3.05) is 0 Å². The summed E-state index contributed by atoms with van der Waals surface area (Å²) < 4.78 is 0. The van der Waals surface area contributed by atoms with E-state index in [1.54, 1.807) is 0 Å². The van der Waals surface area contributed by atoms with E-state index in [9.17, 15) is 4.79 Å². The van der Waals surface area contributed by atoms with E-state index in [4.69, 9.17) is 5.11 Å². The summed E-state index contributed by atoms with van der Waals surface area (Å²) in [6.45, 7) is 0. The Hall–Kier alpha value is -3.01. The Bertz CT molecular complexity index is 827. The van der Waals surface area contributed by atoms with E-state index in [1.807, 2.05) is 54.6 Å². The first-order valence-electron chi connectivity index (χ1n) is 6.47. The van der Waals surface area contributed by atoms with Crippen molar-refractivity contribution >= 4 is 23.1 Å². The van der Waals surface area contributed by atoms with Crippen LogP contribution in [0.5, 0.6) is 0 Å². The van der Waals surface area contributed by atoms with Crippen molar-refractivity contribution in [3.8, 4) is 11.3 Å². The summed E-state index contributed by atoms with van der Waals surface area (Å²) in [5.74, 6) is -1.01. The molecule has 2 aromatic carbocycles. The van der Waals surface area contributed by atoms with E-state index in [1.165, 1.54) is 6.08 Å². The van der Waals surface area contributed by atoms with Crippen molar-refractivity contribution in [1.29, 1.82) is 0 Å². The molecule has 102 valence electrons. The second kappa shape index (κ2) is 5.54. The molecule has 0 aliphatic heterocycles. The summed E-state index contributed by atoms with van der Waals surface area (Å²) in [5.41, 5.74) is 3.64. The van der Waals surface area contributed by atoms with Crippen LogP contribution in [-0.2, 0) is 4.79 Å². The number of fused-ring (bicyclic) bond motifs is 1. The fraction of sp³-hybridized carbons (Fsp3) is 0. The van der Waals surface area contributed by atoms with Gasteiger partial charge in [0.05, 0.1) is 22.4 Å². The topological polar surface area (TPSA) is 63.1 Å². The highest BCUT2D eigenvalue weighted by Gasteiger charge is 2.08. The number of para-hydroxylation sites is 2. The monoisotopic (exact) mass is 276 g/mol. The smallest absolute Gasteiger partial charge is 0.328 e. The second-order valence-electron chi connectivity index (χ2n) is 4.48. The molecule has 3 rings (SSSR count). The van der Waals surface area contributed by atoms with Crippen molar-refractivity contribution < 1.29 is 9.90 Å². The van der Waals surface area contributed by atoms with Gasteiger partial charge >= 0.3 is 5.97 Å². The molecule has 0 bridgehead atoms. The molecule has 0 saturated carbocycles. The molecule has 1 N–H and O–H groups in total. The molecule has 0 fully saturated rings. The highest BCUT2D eigenvalue weighted by atomic mass is 16.4. The summed E-state index contributed by atoms with van der Waals surface area (Å²) in [6, 6.07) is 17.1. The van der Waals surface area contributed by atoms with E-state index in [2.05, 4.69) is 9.97 Å². The SMILES string of the molecule is O=C(O)/C=C\c1nc2ccccc2nc1-c1ccccc1. The summed E-state index contributed by atoms with van der Waals surface area (Å²) in [4.78, 5) is 19.9. The largest absolute Gasteiger partial charge is 0.478 e. The molecule has 1 aromatic heterocycles. The molecule has 0 aliphatic carbocycles. The Labute approximate surface area is 121 Å². The number of carboxylic acid groups (broad SMARTS) is 1. The number of rotatable bonds is 3. The maximum absolute atomic E-state index is 10.7. The highest BCUT2D eigenvalue weighted by molar-refractivity contribution is 5.88. The van der Waals surface area contributed by atoms with Gasteiger partial charge in [-0.3, -0.25) is 0 Å². The molecule has 0 atom stereocenters. The Balaban J connectivity index is 2.24. The zero-order valence-corrected chi connectivity index (χ0v) is 11.1. The second-order valence-corrected chi connectivity index (χ2v) is 4.48. The van der Waals surface area contributed by atoms with E-state index in [-0.39, 0.29) is 0 Å². The van der Waals surface area contributed by atoms with Crippen molar-refractivity contribution in [2.24, 2.45) is 0 Å². The molecule has 0 amide bonds. The molecule has 1 heterocycles. The lowest BCUT2D eigenvalue weighted by Gasteiger charge is -2.07. The maximum Gasteiger partial charge on any atom is 0.328 e. The zero-order valence-electron chi connectivity index (χ0n) is 11.1. The molecule has 0 spiro atoms. The predicted octanol–water partition coefficient (Wildman–Crippen LogP) is 3.39. The van der Waals surface area contributed by atoms with Crippen LogP contribution in [0.2, 0.25) is 0 Å². The van der Waals surface area contributed by atoms with Crippen LogP contribution in [0.1, 0.15) is 5.69 Å². The molecular weight excluding hydrogens is 264 g/mol. The Morgan fingerprint density at radius 2 is 1.52 bits per heavy atom. The number of benzene rings is 2. The number of nitrogens with zero attached hydrogens (tertiary/aromatic N) is 2. The molecule has 0 saturated heterocycles. The third-order valence-electron chi connectivity index (χ3n) is 3.03. The number of aromatic nitrogens is 2. The molecule has 4 nitrogen and oxygen atoms in total. The first-order valence-corrected chi connectivity index (χ1v) is 6.47. The third-order valence-corrected chi connectivity index (χ3v) is 3.03. The van der Waals surface area contributed by atoms with Gasteiger partial charge in [0.25, 0.3) is 0 Å². The van der Waals surface area contributed by atoms with Crippen LogP contribution in [0.15, 0.2) is 60.7 Å². The van der Waals surface area contributed by atoms with Crippen LogP contribution in [0.4, 0.5) is 0 Å². The van der Waals surface area contributed by atoms with Gasteiger partial charge in [0.2, 0.25) is 0 Å². The Kier molecular flexibility index (Phi) is 3.43. The number of hydrogen-bond donors (Lipinski definition) is 1. The van der Waals surface area contributed by atoms with Gasteiger partial charge in [-0.15, -0.1) is 0 Å². The first kappa shape index (κ1) is 13.0. The van der Waals surface area contributed by atoms with E-state index in [0.29, 0.717) is 11.4 Å². The number of aliphatic carboxylic acids is 1. The highest BCUT2D eigenvalue weighted by Crippen LogP contribution is 2.24. The fourth-order valence-electron chi connectivity index (χ4n) is 2.09. The van der Waals surface area contributed by atoms with Gasteiger partial charge in [0.15, 0.2) is 0 Å². The van der Waals surface area contributed by atoms with Crippen molar-refractivity contribution in [3.63, 3.8) is 0 Å². The molecular formula is C17H12N2O2. The minimum absolute atomic E-state index is 0.544. The van der Waals surface area contributed by atoms with Crippen LogP contribution in [0, 0.1) is 0 Å². The van der Waals surface area contributed by atoms with Crippen LogP contribution >= 0.6 is 0 Å². The summed E-state index contributed by atoms with van der Waals surface area (Å²) in [5, 5.41) is 8.81. The van der Waals surface area contributed by atoms with Crippen LogP contribution in [0.3, 0.4) is 0 Å². The molecule has 21 heavy (non-hydrogen) atoms. The summed E-state index contributed by atoms with van der Waals surface area (Å²) in [6.07, 6.45) is 2.55. The van der Waals surface area contributed by atoms with Gasteiger partial charge in [-0.05, 0) is 18.2 Å². The van der Waals surface area contributed by atoms with Crippen LogP contribution < -0.4 is 0 Å². The fourth-order valence-corrected chi connectivity index (χ4v) is 2.09. The molecule has 0 radical (unpaired) electrons. The van der Waals surface area contributed by atoms with Gasteiger partial charge in [0.1, 0.15) is 0 Å². The van der Waals surface area contributed by atoms with Gasteiger partial charge in [-0.1, -0.05) is 42.5 Å². The molecule has 0 unspecified atom stereocenters.